The molecule has 0 fully saturated rings. The SMILES string of the molecule is SCCCCCCN1CCCc2ccccc21. The maximum absolute atomic E-state index is 4.25. The number of fused-ring (bicyclic) bond motifs is 1. The zero-order valence-electron chi connectivity index (χ0n) is 10.6. The van der Waals surface area contributed by atoms with Crippen LogP contribution < -0.4 is 4.90 Å². The van der Waals surface area contributed by atoms with Gasteiger partial charge in [-0.1, -0.05) is 31.0 Å². The summed E-state index contributed by atoms with van der Waals surface area (Å²) in [4.78, 5) is 2.57. The third kappa shape index (κ3) is 3.67. The summed E-state index contributed by atoms with van der Waals surface area (Å²) >= 11 is 4.25. The monoisotopic (exact) mass is 249 g/mol. The Bertz CT molecular complexity index is 337. The normalized spacial score (nSPS) is 14.8. The van der Waals surface area contributed by atoms with Crippen LogP contribution in [0.5, 0.6) is 0 Å². The summed E-state index contributed by atoms with van der Waals surface area (Å²) in [5.41, 5.74) is 3.02. The first-order valence-electron chi connectivity index (χ1n) is 6.85. The highest BCUT2D eigenvalue weighted by Gasteiger charge is 2.14. The maximum Gasteiger partial charge on any atom is 0.0398 e. The first kappa shape index (κ1) is 12.8. The number of thiol groups is 1. The molecule has 2 heteroatoms. The number of para-hydroxylation sites is 1. The van der Waals surface area contributed by atoms with Crippen molar-refractivity contribution in [2.75, 3.05) is 23.7 Å². The van der Waals surface area contributed by atoms with Gasteiger partial charge in [0.05, 0.1) is 0 Å². The van der Waals surface area contributed by atoms with Crippen LogP contribution >= 0.6 is 12.6 Å². The molecular weight excluding hydrogens is 226 g/mol. The van der Waals surface area contributed by atoms with Crippen LogP contribution in [0.4, 0.5) is 5.69 Å². The van der Waals surface area contributed by atoms with E-state index in [1.807, 2.05) is 0 Å². The molecule has 1 heterocycles. The second-order valence-corrected chi connectivity index (χ2v) is 5.30. The van der Waals surface area contributed by atoms with Gasteiger partial charge < -0.3 is 4.90 Å². The molecule has 0 aliphatic carbocycles. The fourth-order valence-corrected chi connectivity index (χ4v) is 2.84. The van der Waals surface area contributed by atoms with Crippen LogP contribution in [-0.4, -0.2) is 18.8 Å². The number of benzene rings is 1. The topological polar surface area (TPSA) is 3.24 Å². The highest BCUT2D eigenvalue weighted by atomic mass is 32.1. The number of unbranched alkanes of at least 4 members (excludes halogenated alkanes) is 3. The van der Waals surface area contributed by atoms with Crippen molar-refractivity contribution in [3.63, 3.8) is 0 Å². The summed E-state index contributed by atoms with van der Waals surface area (Å²) < 4.78 is 0. The van der Waals surface area contributed by atoms with Crippen molar-refractivity contribution in [3.05, 3.63) is 29.8 Å². The predicted octanol–water partition coefficient (Wildman–Crippen LogP) is 3.93. The van der Waals surface area contributed by atoms with Crippen molar-refractivity contribution >= 4 is 18.3 Å². The number of aryl methyl sites for hydroxylation is 1. The van der Waals surface area contributed by atoms with Gasteiger partial charge in [-0.2, -0.15) is 12.6 Å². The van der Waals surface area contributed by atoms with Gasteiger partial charge in [0.25, 0.3) is 0 Å². The van der Waals surface area contributed by atoms with Gasteiger partial charge in [-0.25, -0.2) is 0 Å². The van der Waals surface area contributed by atoms with Crippen LogP contribution in [0.25, 0.3) is 0 Å². The van der Waals surface area contributed by atoms with Crippen molar-refractivity contribution in [2.45, 2.75) is 38.5 Å². The summed E-state index contributed by atoms with van der Waals surface area (Å²) in [5.74, 6) is 1.03. The van der Waals surface area contributed by atoms with E-state index in [0.29, 0.717) is 0 Å². The molecule has 0 aromatic heterocycles. The molecule has 0 radical (unpaired) electrons. The third-order valence-electron chi connectivity index (χ3n) is 3.54. The molecule has 0 saturated carbocycles. The summed E-state index contributed by atoms with van der Waals surface area (Å²) in [6.45, 7) is 2.47. The quantitative estimate of drug-likeness (QED) is 0.590. The Kier molecular flexibility index (Phi) is 5.24. The molecule has 0 bridgehead atoms. The predicted molar refractivity (Wildman–Crippen MR) is 79.3 cm³/mol. The molecule has 0 spiro atoms. The van der Waals surface area contributed by atoms with Crippen LogP contribution in [0.2, 0.25) is 0 Å². The van der Waals surface area contributed by atoms with E-state index in [1.165, 1.54) is 62.9 Å². The van der Waals surface area contributed by atoms with E-state index in [2.05, 4.69) is 41.8 Å². The molecule has 1 nitrogen and oxygen atoms in total. The Hall–Kier alpha value is -0.630. The average molecular weight is 249 g/mol. The fraction of sp³-hybridized carbons (Fsp3) is 0.600. The zero-order valence-corrected chi connectivity index (χ0v) is 11.5. The molecule has 1 aromatic carbocycles. The van der Waals surface area contributed by atoms with Crippen LogP contribution in [-0.2, 0) is 6.42 Å². The number of hydrogen-bond donors (Lipinski definition) is 1. The molecule has 0 unspecified atom stereocenters. The van der Waals surface area contributed by atoms with E-state index in [1.54, 1.807) is 0 Å². The molecule has 0 atom stereocenters. The van der Waals surface area contributed by atoms with Gasteiger partial charge in [0, 0.05) is 18.8 Å². The zero-order chi connectivity index (χ0) is 11.9. The van der Waals surface area contributed by atoms with Gasteiger partial charge in [0.2, 0.25) is 0 Å². The summed E-state index contributed by atoms with van der Waals surface area (Å²) in [7, 11) is 0. The second-order valence-electron chi connectivity index (χ2n) is 4.86. The molecule has 17 heavy (non-hydrogen) atoms. The average Bonchev–Trinajstić information content (AvgIpc) is 2.39. The Balaban J connectivity index is 1.82. The molecule has 1 aliphatic heterocycles. The van der Waals surface area contributed by atoms with Crippen LogP contribution in [0.3, 0.4) is 0 Å². The first-order valence-corrected chi connectivity index (χ1v) is 7.49. The lowest BCUT2D eigenvalue weighted by Gasteiger charge is -2.31. The lowest BCUT2D eigenvalue weighted by molar-refractivity contribution is 0.621. The summed E-state index contributed by atoms with van der Waals surface area (Å²) in [6.07, 6.45) is 7.83. The molecule has 94 valence electrons. The van der Waals surface area contributed by atoms with E-state index < -0.39 is 0 Å². The minimum atomic E-state index is 1.03. The third-order valence-corrected chi connectivity index (χ3v) is 3.86. The van der Waals surface area contributed by atoms with Crippen molar-refractivity contribution in [2.24, 2.45) is 0 Å². The van der Waals surface area contributed by atoms with E-state index in [0.717, 1.165) is 5.75 Å². The van der Waals surface area contributed by atoms with Gasteiger partial charge >= 0.3 is 0 Å². The van der Waals surface area contributed by atoms with Gasteiger partial charge in [0.15, 0.2) is 0 Å². The van der Waals surface area contributed by atoms with Gasteiger partial charge in [-0.15, -0.1) is 0 Å². The maximum atomic E-state index is 4.25. The van der Waals surface area contributed by atoms with E-state index in [9.17, 15) is 0 Å². The number of anilines is 1. The summed E-state index contributed by atoms with van der Waals surface area (Å²) in [5, 5.41) is 0. The van der Waals surface area contributed by atoms with Crippen LogP contribution in [0, 0.1) is 0 Å². The highest BCUT2D eigenvalue weighted by Crippen LogP contribution is 2.26. The van der Waals surface area contributed by atoms with Crippen LogP contribution in [0.15, 0.2) is 24.3 Å². The molecule has 0 N–H and O–H groups in total. The second kappa shape index (κ2) is 6.95. The van der Waals surface area contributed by atoms with Gasteiger partial charge in [0.1, 0.15) is 0 Å². The molecule has 1 aromatic rings. The van der Waals surface area contributed by atoms with Crippen LogP contribution in [0.1, 0.15) is 37.7 Å². The Morgan fingerprint density at radius 2 is 1.88 bits per heavy atom. The van der Waals surface area contributed by atoms with Gasteiger partial charge in [-0.05, 0) is 43.1 Å². The summed E-state index contributed by atoms with van der Waals surface area (Å²) in [6, 6.07) is 8.89. The van der Waals surface area contributed by atoms with Crippen molar-refractivity contribution in [1.29, 1.82) is 0 Å². The van der Waals surface area contributed by atoms with Gasteiger partial charge in [-0.3, -0.25) is 0 Å². The van der Waals surface area contributed by atoms with E-state index in [4.69, 9.17) is 0 Å². The minimum Gasteiger partial charge on any atom is -0.371 e. The first-order chi connectivity index (χ1) is 8.42. The molecule has 0 amide bonds. The smallest absolute Gasteiger partial charge is 0.0398 e. The molecule has 0 saturated heterocycles. The van der Waals surface area contributed by atoms with Crippen molar-refractivity contribution in [1.82, 2.24) is 0 Å². The molecule has 2 rings (SSSR count). The number of hydrogen-bond acceptors (Lipinski definition) is 2. The molecule has 1 aliphatic rings. The lowest BCUT2D eigenvalue weighted by atomic mass is 10.0. The lowest BCUT2D eigenvalue weighted by Crippen LogP contribution is -2.30. The standard InChI is InChI=1S/C15H23NS/c17-13-6-2-1-5-11-16-12-7-9-14-8-3-4-10-15(14)16/h3-4,8,10,17H,1-2,5-7,9,11-13H2. The van der Waals surface area contributed by atoms with Crippen molar-refractivity contribution < 1.29 is 0 Å². The Labute approximate surface area is 111 Å². The Morgan fingerprint density at radius 3 is 2.76 bits per heavy atom. The Morgan fingerprint density at radius 1 is 1.06 bits per heavy atom. The van der Waals surface area contributed by atoms with E-state index >= 15 is 0 Å². The van der Waals surface area contributed by atoms with E-state index in [-0.39, 0.29) is 0 Å². The number of nitrogens with zero attached hydrogens (tertiary/aromatic N) is 1. The fourth-order valence-electron chi connectivity index (χ4n) is 2.61. The minimum absolute atomic E-state index is 1.03. The highest BCUT2D eigenvalue weighted by molar-refractivity contribution is 7.80. The molecular formula is C15H23NS. The number of rotatable bonds is 6. The largest absolute Gasteiger partial charge is 0.371 e. The van der Waals surface area contributed by atoms with Crippen molar-refractivity contribution in [3.8, 4) is 0 Å².